The molecule has 7 heteroatoms. The molecule has 2 heterocycles. The average Bonchev–Trinajstić information content (AvgIpc) is 2.81. The second kappa shape index (κ2) is 11.1. The number of hydrogen-bond acceptors (Lipinski definition) is 2. The van der Waals surface area contributed by atoms with Gasteiger partial charge in [0.2, 0.25) is 0 Å². The van der Waals surface area contributed by atoms with Gasteiger partial charge >= 0.3 is 49.5 Å². The number of rotatable bonds is 0. The molecule has 2 aliphatic heterocycles. The average molecular weight is 375 g/mol. The van der Waals surface area contributed by atoms with Gasteiger partial charge in [0.15, 0.2) is 0 Å². The summed E-state index contributed by atoms with van der Waals surface area (Å²) in [7, 11) is 20.1. The summed E-state index contributed by atoms with van der Waals surface area (Å²) >= 11 is -3.29. The summed E-state index contributed by atoms with van der Waals surface area (Å²) in [6, 6.07) is 0. The SMILES string of the molecule is [CH-]1CCCO1.[CH-]1CCCO1.[Cl][Zr]([Cl])([Cl])[Cl]. The van der Waals surface area contributed by atoms with Crippen LogP contribution in [0.25, 0.3) is 0 Å². The summed E-state index contributed by atoms with van der Waals surface area (Å²) in [5.41, 5.74) is 0. The van der Waals surface area contributed by atoms with E-state index in [1.165, 1.54) is 12.8 Å². The van der Waals surface area contributed by atoms with Gasteiger partial charge in [0.1, 0.15) is 0 Å². The molecule has 0 unspecified atom stereocenters. The van der Waals surface area contributed by atoms with Gasteiger partial charge in [0.05, 0.1) is 0 Å². The Hall–Kier alpha value is 1.96. The van der Waals surface area contributed by atoms with Crippen molar-refractivity contribution in [3.8, 4) is 0 Å². The third-order valence-electron chi connectivity index (χ3n) is 1.40. The van der Waals surface area contributed by atoms with Gasteiger partial charge in [0.25, 0.3) is 0 Å². The standard InChI is InChI=1S/2C4H7O.4ClH.Zr/c2*1-2-4-5-3-1;;;;;/h2*3H,1-2,4H2;4*1H;/q2*-1;;;;;+4/p-4. The van der Waals surface area contributed by atoms with E-state index in [1.807, 2.05) is 13.2 Å². The van der Waals surface area contributed by atoms with Gasteiger partial charge in [-0.05, 0) is 0 Å². The molecule has 2 nitrogen and oxygen atoms in total. The first kappa shape index (κ1) is 17.0. The van der Waals surface area contributed by atoms with Crippen molar-refractivity contribution in [1.82, 2.24) is 0 Å². The Morgan fingerprint density at radius 2 is 1.13 bits per heavy atom. The molecule has 2 rings (SSSR count). The molecular weight excluding hydrogens is 361 g/mol. The van der Waals surface area contributed by atoms with Crippen LogP contribution in [0.5, 0.6) is 0 Å². The Balaban J connectivity index is 0.000000196. The summed E-state index contributed by atoms with van der Waals surface area (Å²) in [6.45, 7) is 5.61. The third kappa shape index (κ3) is 21.7. The predicted molar refractivity (Wildman–Crippen MR) is 62.4 cm³/mol. The second-order valence-corrected chi connectivity index (χ2v) is 25.2. The van der Waals surface area contributed by atoms with Crippen LogP contribution in [0, 0.1) is 13.2 Å². The van der Waals surface area contributed by atoms with Crippen LogP contribution in [-0.2, 0) is 25.0 Å². The van der Waals surface area contributed by atoms with Crippen molar-refractivity contribution < 1.29 is 25.0 Å². The summed E-state index contributed by atoms with van der Waals surface area (Å²) in [5.74, 6) is 0. The maximum atomic E-state index is 5.04. The molecule has 0 aromatic rings. The molecule has 0 aromatic carbocycles. The van der Waals surface area contributed by atoms with Crippen LogP contribution in [0.4, 0.5) is 0 Å². The Bertz CT molecular complexity index is 104. The summed E-state index contributed by atoms with van der Waals surface area (Å²) in [5, 5.41) is 0. The van der Waals surface area contributed by atoms with Gasteiger partial charge in [-0.1, -0.05) is 12.8 Å². The van der Waals surface area contributed by atoms with Crippen LogP contribution in [0.3, 0.4) is 0 Å². The minimum absolute atomic E-state index is 0.944. The van der Waals surface area contributed by atoms with E-state index >= 15 is 0 Å². The van der Waals surface area contributed by atoms with E-state index in [0.717, 1.165) is 26.1 Å². The molecule has 0 saturated carbocycles. The third-order valence-corrected chi connectivity index (χ3v) is 1.40. The quantitative estimate of drug-likeness (QED) is 0.573. The molecular formula is C8H14Cl4O2Zr-2. The van der Waals surface area contributed by atoms with Crippen LogP contribution >= 0.6 is 34.1 Å². The molecule has 0 atom stereocenters. The molecule has 0 spiro atoms. The number of hydrogen-bond donors (Lipinski definition) is 0. The van der Waals surface area contributed by atoms with E-state index in [1.54, 1.807) is 0 Å². The fraction of sp³-hybridized carbons (Fsp3) is 0.750. The Labute approximate surface area is 110 Å². The van der Waals surface area contributed by atoms with Crippen molar-refractivity contribution in [2.75, 3.05) is 13.2 Å². The maximum absolute atomic E-state index is 5.04. The van der Waals surface area contributed by atoms with Gasteiger partial charge in [-0.15, -0.1) is 0 Å². The monoisotopic (exact) mass is 372 g/mol. The van der Waals surface area contributed by atoms with E-state index in [0.29, 0.717) is 0 Å². The van der Waals surface area contributed by atoms with Crippen molar-refractivity contribution in [3.05, 3.63) is 13.2 Å². The van der Waals surface area contributed by atoms with Crippen LogP contribution in [0.15, 0.2) is 0 Å². The molecule has 0 amide bonds. The first-order valence-electron chi connectivity index (χ1n) is 4.62. The van der Waals surface area contributed by atoms with Gasteiger partial charge in [-0.3, -0.25) is 0 Å². The van der Waals surface area contributed by atoms with Crippen LogP contribution in [-0.4, -0.2) is 13.2 Å². The van der Waals surface area contributed by atoms with Crippen molar-refractivity contribution in [3.63, 3.8) is 0 Å². The van der Waals surface area contributed by atoms with Crippen molar-refractivity contribution >= 4 is 34.1 Å². The van der Waals surface area contributed by atoms with Gasteiger partial charge in [0, 0.05) is 13.2 Å². The van der Waals surface area contributed by atoms with Crippen LogP contribution < -0.4 is 0 Å². The molecule has 0 N–H and O–H groups in total. The van der Waals surface area contributed by atoms with E-state index in [4.69, 9.17) is 43.5 Å². The van der Waals surface area contributed by atoms with E-state index < -0.39 is 15.5 Å². The van der Waals surface area contributed by atoms with Crippen LogP contribution in [0.1, 0.15) is 25.7 Å². The number of halogens is 4. The first-order valence-corrected chi connectivity index (χ1v) is 17.3. The molecule has 0 aliphatic carbocycles. The Kier molecular flexibility index (Phi) is 12.5. The van der Waals surface area contributed by atoms with Gasteiger partial charge in [-0.25, -0.2) is 13.2 Å². The van der Waals surface area contributed by atoms with Crippen molar-refractivity contribution in [2.24, 2.45) is 0 Å². The van der Waals surface area contributed by atoms with Crippen LogP contribution in [0.2, 0.25) is 0 Å². The van der Waals surface area contributed by atoms with E-state index in [-0.39, 0.29) is 0 Å². The fourth-order valence-electron chi connectivity index (χ4n) is 0.833. The zero-order valence-corrected chi connectivity index (χ0v) is 13.7. The Morgan fingerprint density at radius 1 is 0.800 bits per heavy atom. The zero-order chi connectivity index (χ0) is 11.6. The summed E-state index contributed by atoms with van der Waals surface area (Å²) in [4.78, 5) is 0. The number of ether oxygens (including phenoxy) is 2. The molecule has 2 fully saturated rings. The van der Waals surface area contributed by atoms with Crippen molar-refractivity contribution in [2.45, 2.75) is 25.7 Å². The summed E-state index contributed by atoms with van der Waals surface area (Å²) in [6.07, 6.45) is 4.75. The molecule has 0 radical (unpaired) electrons. The normalized spacial score (nSPS) is 20.0. The van der Waals surface area contributed by atoms with Gasteiger partial charge in [-0.2, -0.15) is 12.8 Å². The minimum atomic E-state index is -3.29. The molecule has 0 bridgehead atoms. The molecule has 92 valence electrons. The molecule has 15 heavy (non-hydrogen) atoms. The molecule has 2 saturated heterocycles. The predicted octanol–water partition coefficient (Wildman–Crippen LogP) is 4.67. The fourth-order valence-corrected chi connectivity index (χ4v) is 0.833. The van der Waals surface area contributed by atoms with E-state index in [9.17, 15) is 0 Å². The summed E-state index contributed by atoms with van der Waals surface area (Å²) < 4.78 is 9.64. The molecule has 0 aromatic heterocycles. The van der Waals surface area contributed by atoms with E-state index in [2.05, 4.69) is 0 Å². The van der Waals surface area contributed by atoms with Gasteiger partial charge < -0.3 is 9.47 Å². The molecule has 2 aliphatic rings. The topological polar surface area (TPSA) is 18.5 Å². The second-order valence-electron chi connectivity index (χ2n) is 2.79. The zero-order valence-electron chi connectivity index (χ0n) is 8.23. The first-order chi connectivity index (χ1) is 7.00. The van der Waals surface area contributed by atoms with Crippen molar-refractivity contribution in [1.29, 1.82) is 0 Å². The Morgan fingerprint density at radius 3 is 1.20 bits per heavy atom.